The van der Waals surface area contributed by atoms with Crippen LogP contribution in [-0.4, -0.2) is 39.4 Å². The summed E-state index contributed by atoms with van der Waals surface area (Å²) in [6, 6.07) is 0.634. The highest BCUT2D eigenvalue weighted by molar-refractivity contribution is 5.93. The summed E-state index contributed by atoms with van der Waals surface area (Å²) in [6.45, 7) is 3.59. The Hall–Kier alpha value is -1.69. The quantitative estimate of drug-likeness (QED) is 0.773. The van der Waals surface area contributed by atoms with Crippen molar-refractivity contribution in [1.82, 2.24) is 14.5 Å². The minimum Gasteiger partial charge on any atom is -0.313 e. The van der Waals surface area contributed by atoms with E-state index in [1.54, 1.807) is 0 Å². The number of carbonyl (C=O) groups is 1. The number of likely N-dealkylation sites (N-methyl/N-ethyl adjacent to an activating group) is 1. The van der Waals surface area contributed by atoms with Crippen LogP contribution in [0, 0.1) is 0 Å². The van der Waals surface area contributed by atoms with Crippen molar-refractivity contribution in [2.24, 2.45) is 0 Å². The average Bonchev–Trinajstić information content (AvgIpc) is 3.16. The summed E-state index contributed by atoms with van der Waals surface area (Å²) in [5.41, 5.74) is -0.945. The van der Waals surface area contributed by atoms with Crippen LogP contribution in [0.15, 0.2) is 15.8 Å². The van der Waals surface area contributed by atoms with Crippen molar-refractivity contribution in [3.05, 3.63) is 32.6 Å². The molecule has 1 fully saturated rings. The zero-order chi connectivity index (χ0) is 14.2. The molecule has 6 heteroatoms. The molecular formula is C13H19N3O3. The van der Waals surface area contributed by atoms with Crippen molar-refractivity contribution in [1.29, 1.82) is 0 Å². The van der Waals surface area contributed by atoms with E-state index < -0.39 is 11.2 Å². The third kappa shape index (κ3) is 2.84. The van der Waals surface area contributed by atoms with Crippen molar-refractivity contribution in [3.8, 4) is 0 Å². The van der Waals surface area contributed by atoms with E-state index in [2.05, 4.69) is 9.88 Å². The van der Waals surface area contributed by atoms with Gasteiger partial charge in [-0.1, -0.05) is 0 Å². The molecule has 6 nitrogen and oxygen atoms in total. The molecule has 104 valence electrons. The molecule has 1 unspecified atom stereocenters. The van der Waals surface area contributed by atoms with Gasteiger partial charge in [-0.2, -0.15) is 0 Å². The molecule has 1 saturated carbocycles. The maximum Gasteiger partial charge on any atom is 0.328 e. The standard InChI is InChI=1S/C13H19N3O3/c1-8(15(3)10-4-5-10)7-16-12(18)11(9(2)17)6-14-13(16)19/h6,8,10H,4-5,7H2,1-3H3,(H,14,19). The number of Topliss-reactive ketones (excluding diaryl/α,β-unsaturated/α-hetero) is 1. The van der Waals surface area contributed by atoms with E-state index in [1.165, 1.54) is 26.0 Å². The van der Waals surface area contributed by atoms with E-state index in [4.69, 9.17) is 0 Å². The molecule has 0 aliphatic heterocycles. The topological polar surface area (TPSA) is 75.2 Å². The Morgan fingerprint density at radius 2 is 2.16 bits per heavy atom. The average molecular weight is 265 g/mol. The monoisotopic (exact) mass is 265 g/mol. The summed E-state index contributed by atoms with van der Waals surface area (Å²) >= 11 is 0. The molecule has 0 saturated heterocycles. The first-order valence-corrected chi connectivity index (χ1v) is 6.47. The number of aromatic amines is 1. The second kappa shape index (κ2) is 5.13. The fourth-order valence-electron chi connectivity index (χ4n) is 2.16. The van der Waals surface area contributed by atoms with E-state index in [0.29, 0.717) is 12.6 Å². The summed E-state index contributed by atoms with van der Waals surface area (Å²) in [5, 5.41) is 0. The van der Waals surface area contributed by atoms with Gasteiger partial charge >= 0.3 is 5.69 Å². The smallest absolute Gasteiger partial charge is 0.313 e. The number of ketones is 1. The number of hydrogen-bond acceptors (Lipinski definition) is 4. The molecule has 1 atom stereocenters. The van der Waals surface area contributed by atoms with E-state index in [9.17, 15) is 14.4 Å². The summed E-state index contributed by atoms with van der Waals surface area (Å²) in [6.07, 6.45) is 3.53. The van der Waals surface area contributed by atoms with Crippen LogP contribution >= 0.6 is 0 Å². The third-order valence-corrected chi connectivity index (χ3v) is 3.70. The molecule has 1 heterocycles. The minimum absolute atomic E-state index is 0.0286. The van der Waals surface area contributed by atoms with Crippen molar-refractivity contribution >= 4 is 5.78 Å². The van der Waals surface area contributed by atoms with Crippen molar-refractivity contribution in [2.75, 3.05) is 7.05 Å². The first-order chi connectivity index (χ1) is 8.91. The highest BCUT2D eigenvalue weighted by Gasteiger charge is 2.29. The molecule has 0 amide bonds. The molecule has 0 bridgehead atoms. The van der Waals surface area contributed by atoms with Crippen molar-refractivity contribution in [2.45, 2.75) is 45.3 Å². The van der Waals surface area contributed by atoms with Gasteiger partial charge in [0.25, 0.3) is 5.56 Å². The van der Waals surface area contributed by atoms with Gasteiger partial charge in [-0.25, -0.2) is 4.79 Å². The maximum atomic E-state index is 12.1. The Kier molecular flexibility index (Phi) is 3.71. The first-order valence-electron chi connectivity index (χ1n) is 6.47. The highest BCUT2D eigenvalue weighted by Crippen LogP contribution is 2.27. The molecule has 1 aliphatic rings. The van der Waals surface area contributed by atoms with E-state index in [1.807, 2.05) is 14.0 Å². The number of rotatable bonds is 5. The van der Waals surface area contributed by atoms with Gasteiger partial charge in [0.05, 0.1) is 5.56 Å². The van der Waals surface area contributed by atoms with E-state index in [-0.39, 0.29) is 17.4 Å². The SMILES string of the molecule is CC(=O)c1c[nH]c(=O)n(CC(C)N(C)C2CC2)c1=O. The molecule has 0 spiro atoms. The van der Waals surface area contributed by atoms with Gasteiger partial charge in [0.2, 0.25) is 0 Å². The number of hydrogen-bond donors (Lipinski definition) is 1. The second-order valence-corrected chi connectivity index (χ2v) is 5.23. The van der Waals surface area contributed by atoms with Gasteiger partial charge in [-0.3, -0.25) is 19.1 Å². The van der Waals surface area contributed by atoms with Crippen LogP contribution in [0.2, 0.25) is 0 Å². The van der Waals surface area contributed by atoms with E-state index >= 15 is 0 Å². The molecule has 1 aromatic rings. The molecule has 19 heavy (non-hydrogen) atoms. The zero-order valence-electron chi connectivity index (χ0n) is 11.5. The highest BCUT2D eigenvalue weighted by atomic mass is 16.2. The number of H-pyrrole nitrogens is 1. The lowest BCUT2D eigenvalue weighted by Gasteiger charge is -2.24. The molecule has 2 rings (SSSR count). The van der Waals surface area contributed by atoms with Crippen molar-refractivity contribution in [3.63, 3.8) is 0 Å². The molecule has 0 radical (unpaired) electrons. The number of carbonyl (C=O) groups excluding carboxylic acids is 1. The lowest BCUT2D eigenvalue weighted by atomic mass is 10.2. The van der Waals surface area contributed by atoms with Gasteiger partial charge in [-0.05, 0) is 33.7 Å². The second-order valence-electron chi connectivity index (χ2n) is 5.23. The number of nitrogens with one attached hydrogen (secondary N) is 1. The summed E-state index contributed by atoms with van der Waals surface area (Å²) in [7, 11) is 2.00. The van der Waals surface area contributed by atoms with Gasteiger partial charge in [0.15, 0.2) is 5.78 Å². The van der Waals surface area contributed by atoms with Crippen LogP contribution < -0.4 is 11.2 Å². The number of aromatic nitrogens is 2. The third-order valence-electron chi connectivity index (χ3n) is 3.70. The first kappa shape index (κ1) is 13.7. The maximum absolute atomic E-state index is 12.1. The van der Waals surface area contributed by atoms with Crippen LogP contribution in [0.4, 0.5) is 0 Å². The van der Waals surface area contributed by atoms with Crippen LogP contribution in [0.5, 0.6) is 0 Å². The predicted octanol–water partition coefficient (Wildman–Crippen LogP) is 0.222. The predicted molar refractivity (Wildman–Crippen MR) is 71.6 cm³/mol. The van der Waals surface area contributed by atoms with Crippen LogP contribution in [0.3, 0.4) is 0 Å². The van der Waals surface area contributed by atoms with Gasteiger partial charge in [0.1, 0.15) is 0 Å². The van der Waals surface area contributed by atoms with E-state index in [0.717, 1.165) is 4.57 Å². The van der Waals surface area contributed by atoms with Crippen LogP contribution in [0.25, 0.3) is 0 Å². The Bertz CT molecular complexity index is 598. The Morgan fingerprint density at radius 1 is 1.53 bits per heavy atom. The zero-order valence-corrected chi connectivity index (χ0v) is 11.5. The lowest BCUT2D eigenvalue weighted by molar-refractivity contribution is 0.101. The van der Waals surface area contributed by atoms with Gasteiger partial charge in [0, 0.05) is 24.8 Å². The minimum atomic E-state index is -0.507. The van der Waals surface area contributed by atoms with Crippen molar-refractivity contribution < 1.29 is 4.79 Å². The molecule has 1 N–H and O–H groups in total. The summed E-state index contributed by atoms with van der Waals surface area (Å²) in [4.78, 5) is 39.8. The fourth-order valence-corrected chi connectivity index (χ4v) is 2.16. The van der Waals surface area contributed by atoms with Crippen LogP contribution in [-0.2, 0) is 6.54 Å². The number of nitrogens with zero attached hydrogens (tertiary/aromatic N) is 2. The summed E-state index contributed by atoms with van der Waals surface area (Å²) in [5.74, 6) is -0.335. The van der Waals surface area contributed by atoms with Gasteiger partial charge in [-0.15, -0.1) is 0 Å². The molecule has 1 aromatic heterocycles. The Labute approximate surface area is 111 Å². The Balaban J connectivity index is 2.28. The normalized spacial score (nSPS) is 16.6. The largest absolute Gasteiger partial charge is 0.328 e. The molecule has 0 aromatic carbocycles. The van der Waals surface area contributed by atoms with Crippen LogP contribution in [0.1, 0.15) is 37.0 Å². The molecular weight excluding hydrogens is 246 g/mol. The Morgan fingerprint density at radius 3 is 2.68 bits per heavy atom. The van der Waals surface area contributed by atoms with Gasteiger partial charge < -0.3 is 4.98 Å². The fraction of sp³-hybridized carbons (Fsp3) is 0.615. The summed E-state index contributed by atoms with van der Waals surface area (Å²) < 4.78 is 1.11. The lowest BCUT2D eigenvalue weighted by Crippen LogP contribution is -2.44. The molecule has 1 aliphatic carbocycles.